The van der Waals surface area contributed by atoms with E-state index in [4.69, 9.17) is 0 Å². The van der Waals surface area contributed by atoms with E-state index in [1.54, 1.807) is 30.7 Å². The number of hydrogen-bond donors (Lipinski definition) is 1. The fraction of sp³-hybridized carbons (Fsp3) is 0.182. The van der Waals surface area contributed by atoms with Crippen molar-refractivity contribution in [3.8, 4) is 16.9 Å². The Hall–Kier alpha value is -4.15. The number of carbonyl (C=O) groups is 1. The number of rotatable bonds is 5. The van der Waals surface area contributed by atoms with E-state index in [0.717, 1.165) is 17.5 Å². The van der Waals surface area contributed by atoms with Crippen molar-refractivity contribution in [2.24, 2.45) is 0 Å². The van der Waals surface area contributed by atoms with Gasteiger partial charge in [0.05, 0.1) is 17.9 Å². The van der Waals surface area contributed by atoms with Crippen LogP contribution in [-0.2, 0) is 12.7 Å². The number of aromatic nitrogens is 6. The largest absolute Gasteiger partial charge is 0.451 e. The van der Waals surface area contributed by atoms with Gasteiger partial charge in [0, 0.05) is 29.7 Å². The summed E-state index contributed by atoms with van der Waals surface area (Å²) in [7, 11) is 0. The molecule has 0 aliphatic carbocycles. The molecule has 0 spiro atoms. The molecule has 1 amide bonds. The van der Waals surface area contributed by atoms with E-state index in [-0.39, 0.29) is 17.8 Å². The average molecular weight is 453 g/mol. The fourth-order valence-corrected chi connectivity index (χ4v) is 3.05. The summed E-state index contributed by atoms with van der Waals surface area (Å²) >= 11 is 0. The number of nitrogens with zero attached hydrogens (tertiary/aromatic N) is 6. The zero-order valence-electron chi connectivity index (χ0n) is 17.6. The van der Waals surface area contributed by atoms with Gasteiger partial charge in [0.2, 0.25) is 5.82 Å². The molecule has 0 unspecified atom stereocenters. The van der Waals surface area contributed by atoms with Gasteiger partial charge in [-0.1, -0.05) is 6.07 Å². The summed E-state index contributed by atoms with van der Waals surface area (Å²) in [5.74, 6) is -1.31. The first-order chi connectivity index (χ1) is 15.7. The van der Waals surface area contributed by atoms with E-state index >= 15 is 0 Å². The molecule has 0 bridgehead atoms. The van der Waals surface area contributed by atoms with Gasteiger partial charge in [-0.3, -0.25) is 9.78 Å². The van der Waals surface area contributed by atoms with E-state index < -0.39 is 17.9 Å². The van der Waals surface area contributed by atoms with Gasteiger partial charge >= 0.3 is 6.18 Å². The van der Waals surface area contributed by atoms with Crippen LogP contribution in [0.3, 0.4) is 0 Å². The molecule has 8 nitrogen and oxygen atoms in total. The number of alkyl halides is 3. The van der Waals surface area contributed by atoms with E-state index in [0.29, 0.717) is 21.8 Å². The smallest absolute Gasteiger partial charge is 0.345 e. The lowest BCUT2D eigenvalue weighted by atomic mass is 10.0. The molecule has 4 rings (SSSR count). The lowest BCUT2D eigenvalue weighted by Gasteiger charge is -2.13. The fourth-order valence-electron chi connectivity index (χ4n) is 3.05. The first-order valence-corrected chi connectivity index (χ1v) is 9.82. The van der Waals surface area contributed by atoms with Crippen molar-refractivity contribution in [2.45, 2.75) is 26.6 Å². The number of pyridine rings is 1. The van der Waals surface area contributed by atoms with Crippen molar-refractivity contribution >= 4 is 5.91 Å². The highest BCUT2D eigenvalue weighted by molar-refractivity contribution is 5.96. The molecule has 0 saturated heterocycles. The van der Waals surface area contributed by atoms with Crippen molar-refractivity contribution in [1.29, 1.82) is 0 Å². The second kappa shape index (κ2) is 8.77. The molecular formula is C22H18F3N7O. The van der Waals surface area contributed by atoms with Crippen molar-refractivity contribution in [1.82, 2.24) is 35.0 Å². The standard InChI is InChI=1S/C22H18F3N7O/c1-13-3-4-18(26-8-13)15-5-16(20(33)29-11-19-27-9-14(2)10-28-19)7-17(6-15)32-21(22(23,24)25)30-12-31-32/h3-10,12H,11H2,1-2H3,(H,29,33). The summed E-state index contributed by atoms with van der Waals surface area (Å²) in [5.41, 5.74) is 2.89. The Morgan fingerprint density at radius 3 is 2.36 bits per heavy atom. The molecule has 0 radical (unpaired) electrons. The topological polar surface area (TPSA) is 98.5 Å². The lowest BCUT2D eigenvalue weighted by Crippen LogP contribution is -2.24. The second-order valence-corrected chi connectivity index (χ2v) is 7.34. The highest BCUT2D eigenvalue weighted by Gasteiger charge is 2.37. The second-order valence-electron chi connectivity index (χ2n) is 7.34. The van der Waals surface area contributed by atoms with Gasteiger partial charge in [-0.25, -0.2) is 19.6 Å². The Balaban J connectivity index is 1.73. The van der Waals surface area contributed by atoms with Gasteiger partial charge in [-0.15, -0.1) is 0 Å². The molecular weight excluding hydrogens is 435 g/mol. The third-order valence-electron chi connectivity index (χ3n) is 4.67. The van der Waals surface area contributed by atoms with E-state index in [1.807, 2.05) is 19.9 Å². The van der Waals surface area contributed by atoms with Crippen LogP contribution < -0.4 is 5.32 Å². The Kier molecular flexibility index (Phi) is 5.86. The molecule has 33 heavy (non-hydrogen) atoms. The molecule has 168 valence electrons. The average Bonchev–Trinajstić information content (AvgIpc) is 3.29. The van der Waals surface area contributed by atoms with Crippen LogP contribution in [-0.4, -0.2) is 35.6 Å². The molecule has 0 aliphatic rings. The van der Waals surface area contributed by atoms with Crippen LogP contribution in [0.15, 0.2) is 55.2 Å². The van der Waals surface area contributed by atoms with Gasteiger partial charge in [0.25, 0.3) is 5.91 Å². The molecule has 3 aromatic heterocycles. The number of benzene rings is 1. The summed E-state index contributed by atoms with van der Waals surface area (Å²) in [6, 6.07) is 7.88. The number of halogens is 3. The predicted octanol–water partition coefficient (Wildman–Crippen LogP) is 3.68. The number of nitrogens with one attached hydrogen (secondary N) is 1. The van der Waals surface area contributed by atoms with Crippen molar-refractivity contribution in [2.75, 3.05) is 0 Å². The van der Waals surface area contributed by atoms with Crippen LogP contribution in [0.2, 0.25) is 0 Å². The summed E-state index contributed by atoms with van der Waals surface area (Å²) in [5, 5.41) is 6.41. The first-order valence-electron chi connectivity index (χ1n) is 9.82. The summed E-state index contributed by atoms with van der Waals surface area (Å²) in [6.45, 7) is 3.76. The number of aryl methyl sites for hydroxylation is 2. The molecule has 0 aliphatic heterocycles. The van der Waals surface area contributed by atoms with Crippen LogP contribution >= 0.6 is 0 Å². The minimum atomic E-state index is -4.72. The maximum absolute atomic E-state index is 13.4. The molecule has 11 heteroatoms. The summed E-state index contributed by atoms with van der Waals surface area (Å²) in [4.78, 5) is 28.8. The maximum Gasteiger partial charge on any atom is 0.451 e. The van der Waals surface area contributed by atoms with Crippen LogP contribution in [0.25, 0.3) is 16.9 Å². The van der Waals surface area contributed by atoms with Crippen LogP contribution in [0.5, 0.6) is 0 Å². The SMILES string of the molecule is Cc1ccc(-c2cc(C(=O)NCc3ncc(C)cn3)cc(-n3ncnc3C(F)(F)F)c2)nc1. The minimum Gasteiger partial charge on any atom is -0.345 e. The van der Waals surface area contributed by atoms with Gasteiger partial charge < -0.3 is 5.32 Å². The van der Waals surface area contributed by atoms with Crippen molar-refractivity contribution in [3.63, 3.8) is 0 Å². The van der Waals surface area contributed by atoms with Crippen LogP contribution in [0.4, 0.5) is 13.2 Å². The van der Waals surface area contributed by atoms with E-state index in [1.165, 1.54) is 12.1 Å². The van der Waals surface area contributed by atoms with E-state index in [9.17, 15) is 18.0 Å². The quantitative estimate of drug-likeness (QED) is 0.495. The monoisotopic (exact) mass is 453 g/mol. The van der Waals surface area contributed by atoms with Crippen LogP contribution in [0.1, 0.15) is 33.1 Å². The predicted molar refractivity (Wildman–Crippen MR) is 112 cm³/mol. The third-order valence-corrected chi connectivity index (χ3v) is 4.67. The number of carbonyl (C=O) groups excluding carboxylic acids is 1. The Morgan fingerprint density at radius 2 is 1.70 bits per heavy atom. The summed E-state index contributed by atoms with van der Waals surface area (Å²) < 4.78 is 40.9. The Labute approximate surface area is 186 Å². The maximum atomic E-state index is 13.4. The Morgan fingerprint density at radius 1 is 0.970 bits per heavy atom. The lowest BCUT2D eigenvalue weighted by molar-refractivity contribution is -0.146. The zero-order valence-corrected chi connectivity index (χ0v) is 17.6. The summed E-state index contributed by atoms with van der Waals surface area (Å²) in [6.07, 6.45) is 0.973. The normalized spacial score (nSPS) is 11.4. The third kappa shape index (κ3) is 5.03. The molecule has 1 N–H and O–H groups in total. The van der Waals surface area contributed by atoms with Crippen molar-refractivity contribution < 1.29 is 18.0 Å². The highest BCUT2D eigenvalue weighted by atomic mass is 19.4. The van der Waals surface area contributed by atoms with Gasteiger partial charge in [-0.05, 0) is 49.2 Å². The molecule has 0 fully saturated rings. The molecule has 0 atom stereocenters. The van der Waals surface area contributed by atoms with Crippen LogP contribution in [0, 0.1) is 13.8 Å². The van der Waals surface area contributed by atoms with Crippen molar-refractivity contribution in [3.05, 3.63) is 83.6 Å². The molecule has 4 aromatic rings. The van der Waals surface area contributed by atoms with E-state index in [2.05, 4.69) is 30.4 Å². The van der Waals surface area contributed by atoms with Gasteiger partial charge in [0.1, 0.15) is 12.2 Å². The molecule has 1 aromatic carbocycles. The first kappa shape index (κ1) is 22.1. The number of amides is 1. The molecule has 0 saturated carbocycles. The number of hydrogen-bond acceptors (Lipinski definition) is 6. The Bertz CT molecular complexity index is 1280. The minimum absolute atomic E-state index is 0.0245. The zero-order chi connectivity index (χ0) is 23.6. The van der Waals surface area contributed by atoms with Gasteiger partial charge in [0.15, 0.2) is 0 Å². The highest BCUT2D eigenvalue weighted by Crippen LogP contribution is 2.30. The van der Waals surface area contributed by atoms with Gasteiger partial charge in [-0.2, -0.15) is 18.3 Å². The molecule has 3 heterocycles.